The van der Waals surface area contributed by atoms with E-state index >= 15 is 0 Å². The highest BCUT2D eigenvalue weighted by Crippen LogP contribution is 2.42. The van der Waals surface area contributed by atoms with Gasteiger partial charge in [-0.1, -0.05) is 89.1 Å². The summed E-state index contributed by atoms with van der Waals surface area (Å²) in [5.74, 6) is 2.21. The van der Waals surface area contributed by atoms with Crippen LogP contribution in [0.25, 0.3) is 0 Å². The van der Waals surface area contributed by atoms with Crippen molar-refractivity contribution in [3.05, 3.63) is 0 Å². The summed E-state index contributed by atoms with van der Waals surface area (Å²) < 4.78 is 0. The minimum absolute atomic E-state index is 1.09. The molecular formula is C14H27B. The normalized spacial score (nSPS) is 25.4. The standard InChI is InChI=1S/C14H27B/c1-2-15(13-9-5-3-6-10-13)14-11-7-4-8-12-14/h13-14H,2-12H2,1H3. The summed E-state index contributed by atoms with van der Waals surface area (Å²) in [6.07, 6.45) is 16.8. The minimum Gasteiger partial charge on any atom is -0.0766 e. The summed E-state index contributed by atoms with van der Waals surface area (Å²) in [6, 6.07) is 0. The molecule has 0 heterocycles. The van der Waals surface area contributed by atoms with Crippen LogP contribution in [0, 0.1) is 0 Å². The van der Waals surface area contributed by atoms with Gasteiger partial charge in [-0.15, -0.1) is 0 Å². The van der Waals surface area contributed by atoms with Crippen LogP contribution in [0.15, 0.2) is 0 Å². The predicted octanol–water partition coefficient (Wildman–Crippen LogP) is 5.17. The smallest absolute Gasteiger partial charge is 0.0766 e. The van der Waals surface area contributed by atoms with Crippen molar-refractivity contribution in [1.82, 2.24) is 0 Å². The van der Waals surface area contributed by atoms with Crippen LogP contribution in [-0.2, 0) is 0 Å². The van der Waals surface area contributed by atoms with Gasteiger partial charge in [0.15, 0.2) is 0 Å². The van der Waals surface area contributed by atoms with Gasteiger partial charge in [0.05, 0.1) is 0 Å². The Balaban J connectivity index is 1.88. The van der Waals surface area contributed by atoms with Crippen molar-refractivity contribution in [3.8, 4) is 0 Å². The Morgan fingerprint density at radius 3 is 1.47 bits per heavy atom. The second kappa shape index (κ2) is 5.96. The molecule has 0 saturated heterocycles. The Morgan fingerprint density at radius 1 is 0.733 bits per heavy atom. The average Bonchev–Trinajstić information content (AvgIpc) is 2.33. The number of hydrogen-bond acceptors (Lipinski definition) is 0. The van der Waals surface area contributed by atoms with Gasteiger partial charge in [0, 0.05) is 0 Å². The van der Waals surface area contributed by atoms with Crippen LogP contribution in [0.1, 0.15) is 71.1 Å². The molecule has 0 atom stereocenters. The maximum absolute atomic E-state index is 2.44. The lowest BCUT2D eigenvalue weighted by Gasteiger charge is -2.35. The van der Waals surface area contributed by atoms with E-state index < -0.39 is 0 Å². The lowest BCUT2D eigenvalue weighted by Crippen LogP contribution is -2.29. The van der Waals surface area contributed by atoms with E-state index in [4.69, 9.17) is 0 Å². The fourth-order valence-corrected chi connectivity index (χ4v) is 4.18. The van der Waals surface area contributed by atoms with Crippen molar-refractivity contribution < 1.29 is 0 Å². The van der Waals surface area contributed by atoms with Crippen LogP contribution in [0.2, 0.25) is 18.0 Å². The minimum atomic E-state index is 1.09. The Morgan fingerprint density at radius 2 is 1.13 bits per heavy atom. The fraction of sp³-hybridized carbons (Fsp3) is 1.00. The largest absolute Gasteiger partial charge is 0.146 e. The molecule has 0 nitrogen and oxygen atoms in total. The van der Waals surface area contributed by atoms with E-state index in [0.29, 0.717) is 0 Å². The molecule has 0 radical (unpaired) electrons. The molecule has 0 amide bonds. The van der Waals surface area contributed by atoms with Crippen LogP contribution < -0.4 is 0 Å². The molecule has 2 rings (SSSR count). The molecule has 2 saturated carbocycles. The van der Waals surface area contributed by atoms with Crippen LogP contribution in [0.5, 0.6) is 0 Å². The van der Waals surface area contributed by atoms with E-state index in [1.54, 1.807) is 25.7 Å². The SMILES string of the molecule is CCB(C1CCCCC1)C1CCCCC1. The second-order valence-corrected chi connectivity index (χ2v) is 5.87. The van der Waals surface area contributed by atoms with Gasteiger partial charge in [-0.25, -0.2) is 0 Å². The van der Waals surface area contributed by atoms with Gasteiger partial charge in [0.1, 0.15) is 6.71 Å². The van der Waals surface area contributed by atoms with E-state index in [0.717, 1.165) is 18.3 Å². The van der Waals surface area contributed by atoms with Gasteiger partial charge < -0.3 is 0 Å². The summed E-state index contributed by atoms with van der Waals surface area (Å²) in [5, 5.41) is 0. The molecule has 15 heavy (non-hydrogen) atoms. The molecule has 0 spiro atoms. The van der Waals surface area contributed by atoms with Crippen LogP contribution in [0.3, 0.4) is 0 Å². The topological polar surface area (TPSA) is 0 Å². The summed E-state index contributed by atoms with van der Waals surface area (Å²) >= 11 is 0. The van der Waals surface area contributed by atoms with Crippen molar-refractivity contribution in [2.75, 3.05) is 0 Å². The Labute approximate surface area is 96.3 Å². The summed E-state index contributed by atoms with van der Waals surface area (Å²) in [4.78, 5) is 0. The molecule has 0 aromatic carbocycles. The lowest BCUT2D eigenvalue weighted by molar-refractivity contribution is 0.460. The molecule has 86 valence electrons. The van der Waals surface area contributed by atoms with Crippen molar-refractivity contribution in [1.29, 1.82) is 0 Å². The maximum Gasteiger partial charge on any atom is 0.146 e. The van der Waals surface area contributed by atoms with E-state index in [1.165, 1.54) is 44.8 Å². The van der Waals surface area contributed by atoms with Crippen molar-refractivity contribution in [3.63, 3.8) is 0 Å². The van der Waals surface area contributed by atoms with Gasteiger partial charge in [-0.3, -0.25) is 0 Å². The Hall–Kier alpha value is 0.0649. The summed E-state index contributed by atoms with van der Waals surface area (Å²) in [6.45, 7) is 3.53. The first-order chi connectivity index (χ1) is 7.42. The lowest BCUT2D eigenvalue weighted by atomic mass is 9.29. The first kappa shape index (κ1) is 11.5. The highest BCUT2D eigenvalue weighted by molar-refractivity contribution is 6.62. The summed E-state index contributed by atoms with van der Waals surface area (Å²) in [7, 11) is 0. The Bertz CT molecular complexity index is 148. The average molecular weight is 206 g/mol. The highest BCUT2D eigenvalue weighted by Gasteiger charge is 2.32. The molecule has 2 fully saturated rings. The van der Waals surface area contributed by atoms with Crippen LogP contribution in [-0.4, -0.2) is 6.71 Å². The number of rotatable bonds is 3. The molecule has 0 unspecified atom stereocenters. The molecule has 1 heteroatoms. The van der Waals surface area contributed by atoms with Gasteiger partial charge >= 0.3 is 0 Å². The second-order valence-electron chi connectivity index (χ2n) is 5.87. The monoisotopic (exact) mass is 206 g/mol. The van der Waals surface area contributed by atoms with E-state index in [1.807, 2.05) is 0 Å². The molecule has 0 aliphatic heterocycles. The molecule has 2 aliphatic carbocycles. The predicted molar refractivity (Wildman–Crippen MR) is 69.9 cm³/mol. The van der Waals surface area contributed by atoms with Gasteiger partial charge in [0.2, 0.25) is 0 Å². The third kappa shape index (κ3) is 3.01. The maximum atomic E-state index is 2.44. The van der Waals surface area contributed by atoms with Crippen LogP contribution >= 0.6 is 0 Å². The van der Waals surface area contributed by atoms with E-state index in [9.17, 15) is 0 Å². The van der Waals surface area contributed by atoms with Crippen molar-refractivity contribution in [2.24, 2.45) is 0 Å². The zero-order valence-electron chi connectivity index (χ0n) is 10.5. The third-order valence-corrected chi connectivity index (χ3v) is 4.98. The first-order valence-electron chi connectivity index (χ1n) is 7.42. The zero-order chi connectivity index (χ0) is 10.5. The Kier molecular flexibility index (Phi) is 4.59. The van der Waals surface area contributed by atoms with Crippen LogP contribution in [0.4, 0.5) is 0 Å². The molecule has 0 bridgehead atoms. The van der Waals surface area contributed by atoms with Gasteiger partial charge in [-0.05, 0) is 0 Å². The number of hydrogen-bond donors (Lipinski definition) is 0. The van der Waals surface area contributed by atoms with E-state index in [2.05, 4.69) is 6.92 Å². The molecule has 0 aromatic rings. The molecular weight excluding hydrogens is 179 g/mol. The fourth-order valence-electron chi connectivity index (χ4n) is 4.18. The quantitative estimate of drug-likeness (QED) is 0.559. The van der Waals surface area contributed by atoms with Gasteiger partial charge in [-0.2, -0.15) is 0 Å². The molecule has 0 N–H and O–H groups in total. The molecule has 2 aliphatic rings. The van der Waals surface area contributed by atoms with Crippen molar-refractivity contribution >= 4 is 6.71 Å². The molecule has 0 aromatic heterocycles. The highest BCUT2D eigenvalue weighted by atomic mass is 14.2. The van der Waals surface area contributed by atoms with E-state index in [-0.39, 0.29) is 0 Å². The zero-order valence-corrected chi connectivity index (χ0v) is 10.5. The van der Waals surface area contributed by atoms with Crippen molar-refractivity contribution in [2.45, 2.75) is 89.1 Å². The third-order valence-electron chi connectivity index (χ3n) is 4.98. The van der Waals surface area contributed by atoms with Gasteiger partial charge in [0.25, 0.3) is 0 Å². The summed E-state index contributed by atoms with van der Waals surface area (Å²) in [5.41, 5.74) is 0. The first-order valence-corrected chi connectivity index (χ1v) is 7.42.